The van der Waals surface area contributed by atoms with Crippen LogP contribution in [0, 0.1) is 5.92 Å². The van der Waals surface area contributed by atoms with E-state index in [0.717, 1.165) is 5.92 Å². The number of nitrogens with one attached hydrogen (secondary N) is 1. The van der Waals surface area contributed by atoms with Crippen molar-refractivity contribution in [3.63, 3.8) is 0 Å². The largest absolute Gasteiger partial charge is 0.382 e. The van der Waals surface area contributed by atoms with Crippen molar-refractivity contribution in [2.75, 3.05) is 24.3 Å². The van der Waals surface area contributed by atoms with Gasteiger partial charge in [0.15, 0.2) is 0 Å². The summed E-state index contributed by atoms with van der Waals surface area (Å²) in [5.41, 5.74) is 2.48. The first-order valence-corrected chi connectivity index (χ1v) is 7.10. The second-order valence-electron chi connectivity index (χ2n) is 5.44. The molecule has 0 saturated carbocycles. The molecule has 2 atom stereocenters. The van der Waals surface area contributed by atoms with Crippen LogP contribution < -0.4 is 10.2 Å². The fourth-order valence-electron chi connectivity index (χ4n) is 2.07. The molecular weight excluding hydrogens is 220 g/mol. The van der Waals surface area contributed by atoms with Gasteiger partial charge in [-0.25, -0.2) is 0 Å². The zero-order valence-electron chi connectivity index (χ0n) is 12.5. The Morgan fingerprint density at radius 1 is 1.06 bits per heavy atom. The van der Waals surface area contributed by atoms with E-state index in [1.807, 2.05) is 0 Å². The third-order valence-electron chi connectivity index (χ3n) is 3.63. The van der Waals surface area contributed by atoms with Gasteiger partial charge in [-0.1, -0.05) is 27.2 Å². The Balaban J connectivity index is 2.59. The van der Waals surface area contributed by atoms with E-state index in [0.29, 0.717) is 6.04 Å². The predicted molar refractivity (Wildman–Crippen MR) is 82.5 cm³/mol. The highest BCUT2D eigenvalue weighted by molar-refractivity contribution is 5.54. The lowest BCUT2D eigenvalue weighted by molar-refractivity contribution is 0.462. The molecule has 0 aliphatic rings. The fourth-order valence-corrected chi connectivity index (χ4v) is 2.07. The van der Waals surface area contributed by atoms with Crippen LogP contribution in [0.2, 0.25) is 0 Å². The summed E-state index contributed by atoms with van der Waals surface area (Å²) in [6.07, 6.45) is 3.69. The summed E-state index contributed by atoms with van der Waals surface area (Å²) in [6.45, 7) is 6.86. The monoisotopic (exact) mass is 248 g/mol. The smallest absolute Gasteiger partial charge is 0.0362 e. The van der Waals surface area contributed by atoms with Gasteiger partial charge < -0.3 is 10.2 Å². The molecule has 18 heavy (non-hydrogen) atoms. The van der Waals surface area contributed by atoms with Crippen molar-refractivity contribution >= 4 is 11.4 Å². The van der Waals surface area contributed by atoms with E-state index in [1.165, 1.54) is 30.6 Å². The van der Waals surface area contributed by atoms with E-state index in [-0.39, 0.29) is 0 Å². The molecular formula is C16H28N2. The van der Waals surface area contributed by atoms with Crippen molar-refractivity contribution in [1.29, 1.82) is 0 Å². The molecule has 2 nitrogen and oxygen atoms in total. The summed E-state index contributed by atoms with van der Waals surface area (Å²) >= 11 is 0. The van der Waals surface area contributed by atoms with Crippen LogP contribution in [-0.4, -0.2) is 20.1 Å². The third-order valence-corrected chi connectivity index (χ3v) is 3.63. The van der Waals surface area contributed by atoms with Gasteiger partial charge in [-0.3, -0.25) is 0 Å². The quantitative estimate of drug-likeness (QED) is 0.770. The molecule has 0 heterocycles. The van der Waals surface area contributed by atoms with E-state index in [1.54, 1.807) is 0 Å². The Morgan fingerprint density at radius 3 is 2.11 bits per heavy atom. The summed E-state index contributed by atoms with van der Waals surface area (Å²) in [5, 5.41) is 3.64. The van der Waals surface area contributed by atoms with Gasteiger partial charge in [0.2, 0.25) is 0 Å². The standard InChI is InChI=1S/C16H28N2/c1-6-13(3)12-14(7-2)17-15-8-10-16(11-9-15)18(4)5/h8-11,13-14,17H,6-7,12H2,1-5H3. The lowest BCUT2D eigenvalue weighted by Gasteiger charge is -2.22. The molecule has 0 aliphatic heterocycles. The second kappa shape index (κ2) is 7.30. The van der Waals surface area contributed by atoms with Crippen LogP contribution >= 0.6 is 0 Å². The van der Waals surface area contributed by atoms with Gasteiger partial charge in [0.05, 0.1) is 0 Å². The Hall–Kier alpha value is -1.18. The van der Waals surface area contributed by atoms with Gasteiger partial charge in [0.25, 0.3) is 0 Å². The van der Waals surface area contributed by atoms with E-state index in [2.05, 4.69) is 69.3 Å². The summed E-state index contributed by atoms with van der Waals surface area (Å²) in [6, 6.07) is 9.27. The van der Waals surface area contributed by atoms with Crippen molar-refractivity contribution in [2.45, 2.75) is 46.1 Å². The van der Waals surface area contributed by atoms with Gasteiger partial charge in [0.1, 0.15) is 0 Å². The summed E-state index contributed by atoms with van der Waals surface area (Å²) < 4.78 is 0. The van der Waals surface area contributed by atoms with Crippen molar-refractivity contribution in [3.05, 3.63) is 24.3 Å². The molecule has 0 bridgehead atoms. The molecule has 1 aromatic rings. The average Bonchev–Trinajstić information content (AvgIpc) is 2.38. The second-order valence-corrected chi connectivity index (χ2v) is 5.44. The first-order valence-electron chi connectivity index (χ1n) is 7.10. The maximum atomic E-state index is 3.64. The third kappa shape index (κ3) is 4.59. The predicted octanol–water partition coefficient (Wildman–Crippen LogP) is 4.38. The Labute approximate surface area is 112 Å². The summed E-state index contributed by atoms with van der Waals surface area (Å²) in [7, 11) is 4.14. The van der Waals surface area contributed by atoms with E-state index >= 15 is 0 Å². The number of hydrogen-bond acceptors (Lipinski definition) is 2. The van der Waals surface area contributed by atoms with Gasteiger partial charge in [-0.15, -0.1) is 0 Å². The zero-order chi connectivity index (χ0) is 13.5. The lowest BCUT2D eigenvalue weighted by Crippen LogP contribution is -2.21. The first kappa shape index (κ1) is 14.9. The van der Waals surface area contributed by atoms with Crippen LogP contribution in [0.5, 0.6) is 0 Å². The summed E-state index contributed by atoms with van der Waals surface area (Å²) in [4.78, 5) is 2.13. The summed E-state index contributed by atoms with van der Waals surface area (Å²) in [5.74, 6) is 0.795. The minimum absolute atomic E-state index is 0.588. The Bertz CT molecular complexity index is 329. The first-order chi connectivity index (χ1) is 8.56. The molecule has 102 valence electrons. The zero-order valence-corrected chi connectivity index (χ0v) is 12.5. The van der Waals surface area contributed by atoms with Crippen LogP contribution in [0.25, 0.3) is 0 Å². The highest BCUT2D eigenvalue weighted by Gasteiger charge is 2.10. The van der Waals surface area contributed by atoms with Crippen LogP contribution in [0.1, 0.15) is 40.0 Å². The molecule has 2 heteroatoms. The molecule has 1 N–H and O–H groups in total. The van der Waals surface area contributed by atoms with Gasteiger partial charge in [-0.2, -0.15) is 0 Å². The number of anilines is 2. The topological polar surface area (TPSA) is 15.3 Å². The van der Waals surface area contributed by atoms with E-state index in [9.17, 15) is 0 Å². The van der Waals surface area contributed by atoms with Crippen LogP contribution in [0.15, 0.2) is 24.3 Å². The van der Waals surface area contributed by atoms with Crippen molar-refractivity contribution < 1.29 is 0 Å². The van der Waals surface area contributed by atoms with Gasteiger partial charge in [-0.05, 0) is 43.0 Å². The van der Waals surface area contributed by atoms with Crippen molar-refractivity contribution in [2.24, 2.45) is 5.92 Å². The molecule has 0 fully saturated rings. The van der Waals surface area contributed by atoms with Crippen LogP contribution in [-0.2, 0) is 0 Å². The van der Waals surface area contributed by atoms with E-state index < -0.39 is 0 Å². The number of nitrogens with zero attached hydrogens (tertiary/aromatic N) is 1. The normalized spacial score (nSPS) is 14.1. The number of hydrogen-bond donors (Lipinski definition) is 1. The molecule has 0 aromatic heterocycles. The maximum absolute atomic E-state index is 3.64. The molecule has 0 spiro atoms. The molecule has 2 unspecified atom stereocenters. The molecule has 0 aliphatic carbocycles. The number of rotatable bonds is 7. The SMILES string of the molecule is CCC(C)CC(CC)Nc1ccc(N(C)C)cc1. The van der Waals surface area contributed by atoms with E-state index in [4.69, 9.17) is 0 Å². The van der Waals surface area contributed by atoms with Crippen LogP contribution in [0.3, 0.4) is 0 Å². The molecule has 0 saturated heterocycles. The highest BCUT2D eigenvalue weighted by Crippen LogP contribution is 2.20. The molecule has 1 rings (SSSR count). The van der Waals surface area contributed by atoms with Gasteiger partial charge in [0, 0.05) is 31.5 Å². The Morgan fingerprint density at radius 2 is 1.67 bits per heavy atom. The molecule has 0 radical (unpaired) electrons. The lowest BCUT2D eigenvalue weighted by atomic mass is 9.97. The Kier molecular flexibility index (Phi) is 6.03. The average molecular weight is 248 g/mol. The van der Waals surface area contributed by atoms with Crippen LogP contribution in [0.4, 0.5) is 11.4 Å². The highest BCUT2D eigenvalue weighted by atomic mass is 15.1. The maximum Gasteiger partial charge on any atom is 0.0362 e. The minimum atomic E-state index is 0.588. The fraction of sp³-hybridized carbons (Fsp3) is 0.625. The van der Waals surface area contributed by atoms with Crippen molar-refractivity contribution in [1.82, 2.24) is 0 Å². The molecule has 1 aromatic carbocycles. The van der Waals surface area contributed by atoms with Crippen molar-refractivity contribution in [3.8, 4) is 0 Å². The minimum Gasteiger partial charge on any atom is -0.382 e. The number of benzene rings is 1. The van der Waals surface area contributed by atoms with Gasteiger partial charge >= 0.3 is 0 Å². The molecule has 0 amide bonds.